The zero-order valence-corrected chi connectivity index (χ0v) is 18.8. The molecule has 6 atom stereocenters. The molecule has 2 amide bonds. The molecule has 174 valence electrons. The summed E-state index contributed by atoms with van der Waals surface area (Å²) in [7, 11) is 0. The Kier molecular flexibility index (Phi) is 5.10. The number of nitrogens with one attached hydrogen (secondary N) is 2. The second-order valence-electron chi connectivity index (χ2n) is 9.84. The summed E-state index contributed by atoms with van der Waals surface area (Å²) in [6.07, 6.45) is -1.88. The number of rotatable bonds is 3. The first-order valence-electron chi connectivity index (χ1n) is 11.1. The van der Waals surface area contributed by atoms with Gasteiger partial charge in [0.2, 0.25) is 11.8 Å². The largest absolute Gasteiger partial charge is 0.348 e. The van der Waals surface area contributed by atoms with Gasteiger partial charge in [0, 0.05) is 6.42 Å². The predicted molar refractivity (Wildman–Crippen MR) is 111 cm³/mol. The van der Waals surface area contributed by atoms with E-state index >= 15 is 0 Å². The van der Waals surface area contributed by atoms with Crippen molar-refractivity contribution in [3.8, 4) is 0 Å². The van der Waals surface area contributed by atoms with Crippen LogP contribution >= 0.6 is 0 Å². The van der Waals surface area contributed by atoms with E-state index < -0.39 is 47.8 Å². The van der Waals surface area contributed by atoms with E-state index in [1.807, 2.05) is 58.0 Å². The summed E-state index contributed by atoms with van der Waals surface area (Å²) in [6, 6.07) is 8.85. The first-order chi connectivity index (χ1) is 15.1. The lowest BCUT2D eigenvalue weighted by atomic mass is 9.97. The molecule has 4 aliphatic rings. The highest BCUT2D eigenvalue weighted by molar-refractivity contribution is 5.91. The molecule has 9 nitrogen and oxygen atoms in total. The molecule has 0 radical (unpaired) electrons. The third kappa shape index (κ3) is 3.92. The highest BCUT2D eigenvalue weighted by atomic mass is 16.8. The minimum atomic E-state index is -1.36. The number of amides is 2. The minimum absolute atomic E-state index is 0.0852. The Morgan fingerprint density at radius 2 is 1.69 bits per heavy atom. The highest BCUT2D eigenvalue weighted by Crippen LogP contribution is 2.47. The van der Waals surface area contributed by atoms with Crippen LogP contribution in [-0.4, -0.2) is 66.2 Å². The Bertz CT molecular complexity index is 905. The van der Waals surface area contributed by atoms with Gasteiger partial charge >= 0.3 is 0 Å². The molecular formula is C23H30N2O7. The zero-order valence-electron chi connectivity index (χ0n) is 18.8. The van der Waals surface area contributed by atoms with Crippen LogP contribution in [0.5, 0.6) is 0 Å². The monoisotopic (exact) mass is 446 g/mol. The van der Waals surface area contributed by atoms with E-state index in [2.05, 4.69) is 10.6 Å². The topological polar surface area (TPSA) is 104 Å². The molecule has 1 spiro atoms. The van der Waals surface area contributed by atoms with E-state index in [1.54, 1.807) is 0 Å². The first kappa shape index (κ1) is 21.8. The van der Waals surface area contributed by atoms with Crippen LogP contribution in [0.1, 0.15) is 39.7 Å². The maximum absolute atomic E-state index is 13.2. The van der Waals surface area contributed by atoms with Gasteiger partial charge in [0.05, 0.1) is 13.0 Å². The van der Waals surface area contributed by atoms with E-state index in [-0.39, 0.29) is 18.2 Å². The molecule has 0 unspecified atom stereocenters. The Balaban J connectivity index is 1.42. The number of hydrogen-bond donors (Lipinski definition) is 2. The number of fused-ring (bicyclic) bond motifs is 2. The molecule has 4 saturated heterocycles. The van der Waals surface area contributed by atoms with Gasteiger partial charge < -0.3 is 34.3 Å². The van der Waals surface area contributed by atoms with Gasteiger partial charge in [-0.05, 0) is 33.3 Å². The summed E-state index contributed by atoms with van der Waals surface area (Å²) in [5.41, 5.74) is -0.404. The summed E-state index contributed by atoms with van der Waals surface area (Å²) < 4.78 is 30.5. The Morgan fingerprint density at radius 1 is 0.938 bits per heavy atom. The normalized spacial score (nSPS) is 40.1. The molecule has 4 heterocycles. The molecule has 1 aromatic carbocycles. The van der Waals surface area contributed by atoms with E-state index in [9.17, 15) is 9.59 Å². The van der Waals surface area contributed by atoms with Crippen molar-refractivity contribution in [2.75, 3.05) is 6.61 Å². The van der Waals surface area contributed by atoms with Gasteiger partial charge in [-0.3, -0.25) is 9.59 Å². The van der Waals surface area contributed by atoms with E-state index in [1.165, 1.54) is 0 Å². The molecular weight excluding hydrogens is 416 g/mol. The molecule has 0 aliphatic carbocycles. The van der Waals surface area contributed by atoms with Crippen molar-refractivity contribution in [3.05, 3.63) is 35.9 Å². The maximum atomic E-state index is 13.2. The van der Waals surface area contributed by atoms with E-state index in [0.717, 1.165) is 5.56 Å². The quantitative estimate of drug-likeness (QED) is 0.714. The molecule has 1 aromatic rings. The molecule has 0 aromatic heterocycles. The molecule has 2 N–H and O–H groups in total. The molecule has 4 fully saturated rings. The standard InChI is InChI=1S/C23H30N2O7/c1-21(2)28-12-15(29-21)17-18-19(32-22(3,4)30-18)23(31-17)11-16(26)24-14(20(27)25-23)10-13-8-6-5-7-9-13/h5-9,14-15,17-19H,10-12H2,1-4H3,(H,24,26)(H,25,27)/t14-,15+,17-,18+,19+,23+/m0/s1. The highest BCUT2D eigenvalue weighted by Gasteiger charge is 2.67. The van der Waals surface area contributed by atoms with Crippen LogP contribution in [0.4, 0.5) is 0 Å². The van der Waals surface area contributed by atoms with Crippen molar-refractivity contribution in [1.82, 2.24) is 10.6 Å². The van der Waals surface area contributed by atoms with Gasteiger partial charge in [-0.15, -0.1) is 0 Å². The lowest BCUT2D eigenvalue weighted by Crippen LogP contribution is -2.58. The summed E-state index contributed by atoms with van der Waals surface area (Å²) in [4.78, 5) is 26.2. The minimum Gasteiger partial charge on any atom is -0.348 e. The molecule has 9 heteroatoms. The van der Waals surface area contributed by atoms with Gasteiger partial charge in [0.1, 0.15) is 30.5 Å². The second-order valence-corrected chi connectivity index (χ2v) is 9.84. The Morgan fingerprint density at radius 3 is 2.38 bits per heavy atom. The third-order valence-electron chi connectivity index (χ3n) is 6.35. The predicted octanol–water partition coefficient (Wildman–Crippen LogP) is 1.00. The molecule has 5 rings (SSSR count). The number of benzene rings is 1. The SMILES string of the molecule is CC1(C)O[C@@H]2[C@H]([C@H]3COC(C)(C)O3)O[C@]3(CC(=O)N[C@@H](Cc4ccccc4)C(=O)N3)[C@@H]2O1. The number of carbonyl (C=O) groups is 2. The van der Waals surface area contributed by atoms with Crippen LogP contribution in [0.2, 0.25) is 0 Å². The Labute approximate surface area is 187 Å². The van der Waals surface area contributed by atoms with Crippen LogP contribution in [-0.2, 0) is 39.7 Å². The summed E-state index contributed by atoms with van der Waals surface area (Å²) in [5, 5.41) is 5.84. The fraction of sp³-hybridized carbons (Fsp3) is 0.652. The summed E-state index contributed by atoms with van der Waals surface area (Å²) >= 11 is 0. The molecule has 4 aliphatic heterocycles. The van der Waals surface area contributed by atoms with Crippen molar-refractivity contribution in [2.45, 2.75) is 88.3 Å². The summed E-state index contributed by atoms with van der Waals surface area (Å²) in [6.45, 7) is 7.60. The fourth-order valence-electron chi connectivity index (χ4n) is 5.06. The average molecular weight is 447 g/mol. The van der Waals surface area contributed by atoms with Crippen LogP contribution in [0.15, 0.2) is 30.3 Å². The van der Waals surface area contributed by atoms with Crippen molar-refractivity contribution in [1.29, 1.82) is 0 Å². The lowest BCUT2D eigenvalue weighted by molar-refractivity contribution is -0.233. The van der Waals surface area contributed by atoms with Crippen LogP contribution in [0.25, 0.3) is 0 Å². The van der Waals surface area contributed by atoms with E-state index in [4.69, 9.17) is 23.7 Å². The summed E-state index contributed by atoms with van der Waals surface area (Å²) in [5.74, 6) is -2.26. The van der Waals surface area contributed by atoms with Gasteiger partial charge in [0.25, 0.3) is 0 Å². The average Bonchev–Trinajstić information content (AvgIpc) is 3.29. The Hall–Kier alpha value is -2.04. The number of hydrogen-bond acceptors (Lipinski definition) is 7. The van der Waals surface area contributed by atoms with E-state index in [0.29, 0.717) is 13.0 Å². The van der Waals surface area contributed by atoms with Gasteiger partial charge in [0.15, 0.2) is 17.3 Å². The number of ether oxygens (including phenoxy) is 5. The van der Waals surface area contributed by atoms with Crippen molar-refractivity contribution < 1.29 is 33.3 Å². The molecule has 0 bridgehead atoms. The van der Waals surface area contributed by atoms with Crippen LogP contribution in [0, 0.1) is 0 Å². The first-order valence-corrected chi connectivity index (χ1v) is 11.1. The van der Waals surface area contributed by atoms with Gasteiger partial charge in [-0.2, -0.15) is 0 Å². The zero-order chi connectivity index (χ0) is 22.7. The molecule has 0 saturated carbocycles. The fourth-order valence-corrected chi connectivity index (χ4v) is 5.06. The van der Waals surface area contributed by atoms with Crippen molar-refractivity contribution in [3.63, 3.8) is 0 Å². The van der Waals surface area contributed by atoms with Gasteiger partial charge in [-0.25, -0.2) is 0 Å². The van der Waals surface area contributed by atoms with Crippen LogP contribution in [0.3, 0.4) is 0 Å². The smallest absolute Gasteiger partial charge is 0.245 e. The third-order valence-corrected chi connectivity index (χ3v) is 6.35. The lowest BCUT2D eigenvalue weighted by Gasteiger charge is -2.34. The van der Waals surface area contributed by atoms with Crippen molar-refractivity contribution in [2.24, 2.45) is 0 Å². The second kappa shape index (κ2) is 7.50. The molecule has 32 heavy (non-hydrogen) atoms. The van der Waals surface area contributed by atoms with Crippen molar-refractivity contribution >= 4 is 11.8 Å². The number of carbonyl (C=O) groups excluding carboxylic acids is 2. The van der Waals surface area contributed by atoms with Crippen LogP contribution < -0.4 is 10.6 Å². The van der Waals surface area contributed by atoms with Gasteiger partial charge in [-0.1, -0.05) is 30.3 Å². The maximum Gasteiger partial charge on any atom is 0.245 e.